The number of fused-ring (bicyclic) bond motifs is 6. The lowest BCUT2D eigenvalue weighted by atomic mass is 10.0. The number of aromatic nitrogens is 4. The van der Waals surface area contributed by atoms with Crippen LogP contribution >= 0.6 is 0 Å². The van der Waals surface area contributed by atoms with Gasteiger partial charge in [-0.3, -0.25) is 0 Å². The van der Waals surface area contributed by atoms with E-state index in [0.29, 0.717) is 50.4 Å². The zero-order valence-electron chi connectivity index (χ0n) is 27.2. The third kappa shape index (κ3) is 3.83. The van der Waals surface area contributed by atoms with Gasteiger partial charge in [-0.2, -0.15) is 0 Å². The van der Waals surface area contributed by atoms with Gasteiger partial charge in [-0.15, -0.1) is 0 Å². The van der Waals surface area contributed by atoms with Gasteiger partial charge in [0.15, 0.2) is 17.5 Å². The van der Waals surface area contributed by atoms with Crippen molar-refractivity contribution in [1.29, 1.82) is 0 Å². The van der Waals surface area contributed by atoms with Crippen LogP contribution in [0, 0.1) is 0 Å². The van der Waals surface area contributed by atoms with E-state index in [0.717, 1.165) is 33.2 Å². The van der Waals surface area contributed by atoms with Gasteiger partial charge in [0.1, 0.15) is 11.2 Å². The summed E-state index contributed by atoms with van der Waals surface area (Å²) < 4.78 is 42.5. The van der Waals surface area contributed by atoms with E-state index in [1.165, 1.54) is 12.1 Å². The third-order valence-corrected chi connectivity index (χ3v) is 7.96. The molecule has 0 unspecified atom stereocenters. The van der Waals surface area contributed by atoms with E-state index in [4.69, 9.17) is 24.9 Å². The molecule has 206 valence electrons. The molecule has 0 aliphatic rings. The lowest BCUT2D eigenvalue weighted by Gasteiger charge is -2.10. The Labute approximate surface area is 258 Å². The van der Waals surface area contributed by atoms with Crippen LogP contribution < -0.4 is 0 Å². The third-order valence-electron chi connectivity index (χ3n) is 7.96. The van der Waals surface area contributed by atoms with E-state index in [-0.39, 0.29) is 24.2 Å². The molecule has 0 amide bonds. The first kappa shape index (κ1) is 20.8. The van der Waals surface area contributed by atoms with Gasteiger partial charge in [0, 0.05) is 43.9 Å². The Kier molecular flexibility index (Phi) is 4.60. The monoisotopic (exact) mass is 568 g/mol. The summed E-state index contributed by atoms with van der Waals surface area (Å²) in [6, 6.07) is 38.5. The van der Waals surface area contributed by atoms with Gasteiger partial charge < -0.3 is 8.98 Å². The molecule has 0 bridgehead atoms. The first-order chi connectivity index (χ1) is 23.4. The maximum Gasteiger partial charge on any atom is 0.164 e. The normalized spacial score (nSPS) is 12.9. The molecule has 3 aromatic heterocycles. The summed E-state index contributed by atoms with van der Waals surface area (Å²) in [6.07, 6.45) is 0. The Balaban J connectivity index is 1.33. The largest absolute Gasteiger partial charge is 0.456 e. The van der Waals surface area contributed by atoms with Crippen molar-refractivity contribution in [3.05, 3.63) is 145 Å². The van der Waals surface area contributed by atoms with Crippen LogP contribution in [-0.4, -0.2) is 19.5 Å². The molecule has 6 aromatic carbocycles. The Morgan fingerprint density at radius 1 is 0.523 bits per heavy atom. The highest BCUT2D eigenvalue weighted by molar-refractivity contribution is 6.13. The summed E-state index contributed by atoms with van der Waals surface area (Å²) in [7, 11) is 0. The number of furan rings is 1. The van der Waals surface area contributed by atoms with E-state index in [1.807, 2.05) is 102 Å². The molecule has 5 nitrogen and oxygen atoms in total. The van der Waals surface area contributed by atoms with Crippen molar-refractivity contribution in [3.63, 3.8) is 0 Å². The fourth-order valence-electron chi connectivity index (χ4n) is 5.98. The topological polar surface area (TPSA) is 56.7 Å². The Bertz CT molecular complexity index is 2600. The summed E-state index contributed by atoms with van der Waals surface area (Å²) in [5.74, 6) is 1.62. The van der Waals surface area contributed by atoms with E-state index >= 15 is 0 Å². The molecule has 0 saturated heterocycles. The second-order valence-electron chi connectivity index (χ2n) is 10.6. The summed E-state index contributed by atoms with van der Waals surface area (Å²) in [5, 5.41) is 2.98. The SMILES string of the molecule is [2H]c1cc([2H])c2c(c1)c1cc([2H])cc([2H])c1n2-c1ccc2oc3cccc(-c4nc(-c5ccccc5)nc(-c5ccccc5)n4)c3c2c1. The fourth-order valence-corrected chi connectivity index (χ4v) is 5.98. The Morgan fingerprint density at radius 2 is 1.14 bits per heavy atom. The first-order valence-electron chi connectivity index (χ1n) is 16.3. The van der Waals surface area contributed by atoms with Crippen LogP contribution in [-0.2, 0) is 0 Å². The van der Waals surface area contributed by atoms with Crippen molar-refractivity contribution in [2.24, 2.45) is 0 Å². The summed E-state index contributed by atoms with van der Waals surface area (Å²) in [6.45, 7) is 0. The molecule has 0 fully saturated rings. The molecule has 0 N–H and O–H groups in total. The Morgan fingerprint density at radius 3 is 1.77 bits per heavy atom. The lowest BCUT2D eigenvalue weighted by molar-refractivity contribution is 0.669. The fraction of sp³-hybridized carbons (Fsp3) is 0. The predicted octanol–water partition coefficient (Wildman–Crippen LogP) is 9.87. The van der Waals surface area contributed by atoms with Crippen molar-refractivity contribution in [2.75, 3.05) is 0 Å². The summed E-state index contributed by atoms with van der Waals surface area (Å²) in [5.41, 5.74) is 5.74. The first-order valence-corrected chi connectivity index (χ1v) is 14.3. The lowest BCUT2D eigenvalue weighted by Crippen LogP contribution is -2.00. The van der Waals surface area contributed by atoms with Crippen LogP contribution in [0.25, 0.3) is 83.6 Å². The van der Waals surface area contributed by atoms with Crippen LogP contribution in [0.15, 0.2) is 150 Å². The standard InChI is InChI=1S/C39H24N4O/c1-3-12-25(13-4-1)37-40-38(26-14-5-2-6-15-26)42-39(41-37)30-18-11-21-35-36(30)31-24-27(22-23-34(31)44-35)43-32-19-9-7-16-28(32)29-17-8-10-20-33(29)43/h1-24H/i7D,8D,19D,20D. The van der Waals surface area contributed by atoms with Gasteiger partial charge in [0.2, 0.25) is 0 Å². The number of benzene rings is 6. The molecule has 0 aliphatic heterocycles. The van der Waals surface area contributed by atoms with Crippen molar-refractivity contribution in [2.45, 2.75) is 0 Å². The molecule has 5 heteroatoms. The summed E-state index contributed by atoms with van der Waals surface area (Å²) >= 11 is 0. The minimum Gasteiger partial charge on any atom is -0.456 e. The van der Waals surface area contributed by atoms with E-state index < -0.39 is 0 Å². The highest BCUT2D eigenvalue weighted by atomic mass is 16.3. The van der Waals surface area contributed by atoms with Gasteiger partial charge in [-0.1, -0.05) is 109 Å². The molecule has 0 spiro atoms. The summed E-state index contributed by atoms with van der Waals surface area (Å²) in [4.78, 5) is 14.8. The molecular weight excluding hydrogens is 540 g/mol. The van der Waals surface area contributed by atoms with Crippen molar-refractivity contribution >= 4 is 43.7 Å². The quantitative estimate of drug-likeness (QED) is 0.212. The minimum atomic E-state index is 0.171. The number of rotatable bonds is 4. The average molecular weight is 569 g/mol. The van der Waals surface area contributed by atoms with Crippen LogP contribution in [0.3, 0.4) is 0 Å². The zero-order chi connectivity index (χ0) is 32.5. The highest BCUT2D eigenvalue weighted by Crippen LogP contribution is 2.39. The van der Waals surface area contributed by atoms with Crippen molar-refractivity contribution < 1.29 is 9.90 Å². The van der Waals surface area contributed by atoms with Crippen molar-refractivity contribution in [3.8, 4) is 39.9 Å². The van der Waals surface area contributed by atoms with Gasteiger partial charge >= 0.3 is 0 Å². The van der Waals surface area contributed by atoms with E-state index in [2.05, 4.69) is 0 Å². The number of para-hydroxylation sites is 2. The maximum atomic E-state index is 8.85. The smallest absolute Gasteiger partial charge is 0.164 e. The van der Waals surface area contributed by atoms with Gasteiger partial charge in [0.25, 0.3) is 0 Å². The molecule has 44 heavy (non-hydrogen) atoms. The molecular formula is C39H24N4O. The number of hydrogen-bond donors (Lipinski definition) is 0. The van der Waals surface area contributed by atoms with Gasteiger partial charge in [0.05, 0.1) is 16.5 Å². The van der Waals surface area contributed by atoms with E-state index in [1.54, 1.807) is 12.1 Å². The molecule has 0 aliphatic carbocycles. The van der Waals surface area contributed by atoms with Gasteiger partial charge in [-0.05, 0) is 36.4 Å². The van der Waals surface area contributed by atoms with Crippen LogP contribution in [0.5, 0.6) is 0 Å². The molecule has 9 rings (SSSR count). The molecule has 0 atom stereocenters. The second kappa shape index (κ2) is 9.75. The van der Waals surface area contributed by atoms with Crippen LogP contribution in [0.2, 0.25) is 0 Å². The Hall–Kier alpha value is -6.07. The minimum absolute atomic E-state index is 0.171. The maximum absolute atomic E-state index is 8.85. The van der Waals surface area contributed by atoms with E-state index in [9.17, 15) is 0 Å². The second-order valence-corrected chi connectivity index (χ2v) is 10.6. The molecule has 3 heterocycles. The number of hydrogen-bond acceptors (Lipinski definition) is 4. The molecule has 0 radical (unpaired) electrons. The van der Waals surface area contributed by atoms with Gasteiger partial charge in [-0.25, -0.2) is 15.0 Å². The average Bonchev–Trinajstić information content (AvgIpc) is 3.64. The van der Waals surface area contributed by atoms with Crippen LogP contribution in [0.1, 0.15) is 5.48 Å². The molecule has 9 aromatic rings. The zero-order valence-corrected chi connectivity index (χ0v) is 23.2. The number of nitrogens with zero attached hydrogens (tertiary/aromatic N) is 4. The van der Waals surface area contributed by atoms with Crippen LogP contribution in [0.4, 0.5) is 0 Å². The highest BCUT2D eigenvalue weighted by Gasteiger charge is 2.19. The predicted molar refractivity (Wildman–Crippen MR) is 178 cm³/mol. The molecule has 0 saturated carbocycles. The van der Waals surface area contributed by atoms with Crippen molar-refractivity contribution in [1.82, 2.24) is 19.5 Å².